The van der Waals surface area contributed by atoms with Crippen molar-refractivity contribution in [2.24, 2.45) is 0 Å². The van der Waals surface area contributed by atoms with Crippen molar-refractivity contribution in [3.63, 3.8) is 0 Å². The molecule has 0 saturated heterocycles. The van der Waals surface area contributed by atoms with Gasteiger partial charge in [0.1, 0.15) is 6.26 Å². The number of hydrogen-bond donors (Lipinski definition) is 2. The summed E-state index contributed by atoms with van der Waals surface area (Å²) in [5, 5.41) is 8.46. The van der Waals surface area contributed by atoms with E-state index < -0.39 is 10.4 Å². The molecule has 0 aromatic carbocycles. The van der Waals surface area contributed by atoms with Crippen molar-refractivity contribution >= 4 is 10.4 Å². The van der Waals surface area contributed by atoms with Gasteiger partial charge in [-0.1, -0.05) is 90.7 Å². The van der Waals surface area contributed by atoms with E-state index in [0.29, 0.717) is 0 Å². The van der Waals surface area contributed by atoms with Crippen molar-refractivity contribution in [2.45, 2.75) is 91.4 Å². The van der Waals surface area contributed by atoms with Gasteiger partial charge in [-0.05, 0) is 32.0 Å². The number of aliphatic hydroxyl groups excluding tert-OH is 1. The topological polar surface area (TPSA) is 87.1 Å². The van der Waals surface area contributed by atoms with Crippen LogP contribution < -0.4 is 0 Å². The van der Waals surface area contributed by atoms with Gasteiger partial charge < -0.3 is 14.2 Å². The molecule has 0 atom stereocenters. The third kappa shape index (κ3) is 29.4. The molecule has 29 heavy (non-hydrogen) atoms. The lowest BCUT2D eigenvalue weighted by atomic mass is 10.1. The predicted molar refractivity (Wildman–Crippen MR) is 122 cm³/mol. The SMILES string of the molecule is CCCCCCCCCCCC/C=C/C=C/OS(=O)(=O)O.CCN(CC)CCO. The molecule has 0 radical (unpaired) electrons. The highest BCUT2D eigenvalue weighted by Crippen LogP contribution is 2.11. The Labute approximate surface area is 180 Å². The van der Waals surface area contributed by atoms with Gasteiger partial charge in [-0.2, -0.15) is 8.42 Å². The Morgan fingerprint density at radius 1 is 0.828 bits per heavy atom. The van der Waals surface area contributed by atoms with Crippen molar-refractivity contribution < 1.29 is 22.3 Å². The Hall–Kier alpha value is -0.890. The number of hydrogen-bond acceptors (Lipinski definition) is 5. The molecule has 0 fully saturated rings. The zero-order chi connectivity index (χ0) is 22.2. The summed E-state index contributed by atoms with van der Waals surface area (Å²) >= 11 is 0. The second-order valence-electron chi connectivity index (χ2n) is 7.00. The number of nitrogens with zero attached hydrogens (tertiary/aromatic N) is 1. The van der Waals surface area contributed by atoms with E-state index in [1.54, 1.807) is 6.08 Å². The Balaban J connectivity index is 0. The number of rotatable bonds is 18. The molecule has 0 saturated carbocycles. The molecule has 0 rings (SSSR count). The van der Waals surface area contributed by atoms with Crippen molar-refractivity contribution in [1.29, 1.82) is 0 Å². The van der Waals surface area contributed by atoms with Crippen LogP contribution in [0.4, 0.5) is 0 Å². The minimum atomic E-state index is -4.36. The zero-order valence-corrected chi connectivity index (χ0v) is 19.7. The van der Waals surface area contributed by atoms with Crippen LogP contribution in [0.25, 0.3) is 0 Å². The number of allylic oxidation sites excluding steroid dienone is 3. The molecule has 0 aromatic rings. The van der Waals surface area contributed by atoms with Crippen molar-refractivity contribution in [1.82, 2.24) is 4.90 Å². The molecule has 0 spiro atoms. The summed E-state index contributed by atoms with van der Waals surface area (Å²) in [5.74, 6) is 0. The monoisotopic (exact) mass is 435 g/mol. The Kier molecular flexibility index (Phi) is 24.4. The highest BCUT2D eigenvalue weighted by molar-refractivity contribution is 7.81. The maximum atomic E-state index is 10.2. The Morgan fingerprint density at radius 3 is 1.76 bits per heavy atom. The maximum Gasteiger partial charge on any atom is 0.445 e. The minimum absolute atomic E-state index is 0.279. The van der Waals surface area contributed by atoms with E-state index in [0.717, 1.165) is 38.7 Å². The van der Waals surface area contributed by atoms with E-state index in [1.165, 1.54) is 63.9 Å². The van der Waals surface area contributed by atoms with Crippen LogP contribution in [0.1, 0.15) is 91.4 Å². The molecule has 7 heteroatoms. The fraction of sp³-hybridized carbons (Fsp3) is 0.818. The van der Waals surface area contributed by atoms with E-state index in [4.69, 9.17) is 9.66 Å². The molecule has 0 amide bonds. The molecule has 0 aliphatic carbocycles. The molecule has 0 unspecified atom stereocenters. The largest absolute Gasteiger partial charge is 0.445 e. The van der Waals surface area contributed by atoms with Gasteiger partial charge >= 0.3 is 10.4 Å². The quantitative estimate of drug-likeness (QED) is 0.128. The fourth-order valence-electron chi connectivity index (χ4n) is 2.75. The average molecular weight is 436 g/mol. The highest BCUT2D eigenvalue weighted by Gasteiger charge is 1.97. The molecule has 0 aliphatic rings. The van der Waals surface area contributed by atoms with Crippen LogP contribution >= 0.6 is 0 Å². The van der Waals surface area contributed by atoms with Gasteiger partial charge in [-0.25, -0.2) is 0 Å². The van der Waals surface area contributed by atoms with Crippen LogP contribution in [-0.2, 0) is 14.6 Å². The fourth-order valence-corrected chi connectivity index (χ4v) is 2.96. The summed E-state index contributed by atoms with van der Waals surface area (Å²) in [6, 6.07) is 0. The van der Waals surface area contributed by atoms with Crippen molar-refractivity contribution in [3.8, 4) is 0 Å². The van der Waals surface area contributed by atoms with E-state index in [2.05, 4.69) is 29.9 Å². The first kappa shape index (κ1) is 30.3. The molecule has 0 aromatic heterocycles. The van der Waals surface area contributed by atoms with Gasteiger partial charge in [0.05, 0.1) is 6.61 Å². The van der Waals surface area contributed by atoms with Crippen LogP contribution in [0.3, 0.4) is 0 Å². The zero-order valence-electron chi connectivity index (χ0n) is 18.9. The standard InChI is InChI=1S/C16H30O4S.C6H15NO/c1-2-3-4-5-6-7-8-9-10-11-12-13-14-15-16-20-21(17,18)19;1-3-7(4-2)5-6-8/h13-16H,2-12H2,1H3,(H,17,18,19);8H,3-6H2,1-2H3/b14-13+,16-15+;. The molecule has 2 N–H and O–H groups in total. The second kappa shape index (κ2) is 23.4. The van der Waals surface area contributed by atoms with E-state index in [-0.39, 0.29) is 6.61 Å². The van der Waals surface area contributed by atoms with Crippen LogP contribution in [0.15, 0.2) is 24.5 Å². The van der Waals surface area contributed by atoms with Crippen molar-refractivity contribution in [2.75, 3.05) is 26.2 Å². The summed E-state index contributed by atoms with van der Waals surface area (Å²) in [7, 11) is -4.36. The molecule has 6 nitrogen and oxygen atoms in total. The molecule has 174 valence electrons. The van der Waals surface area contributed by atoms with Crippen LogP contribution in [-0.4, -0.2) is 49.2 Å². The summed E-state index contributed by atoms with van der Waals surface area (Å²) in [6.45, 7) is 9.60. The average Bonchev–Trinajstić information content (AvgIpc) is 2.68. The van der Waals surface area contributed by atoms with Gasteiger partial charge in [0, 0.05) is 6.54 Å². The van der Waals surface area contributed by atoms with E-state index in [1.807, 2.05) is 6.08 Å². The highest BCUT2D eigenvalue weighted by atomic mass is 32.3. The van der Waals surface area contributed by atoms with Gasteiger partial charge in [0.15, 0.2) is 0 Å². The molecule has 0 bridgehead atoms. The molecular formula is C22H45NO5S. The van der Waals surface area contributed by atoms with E-state index >= 15 is 0 Å². The molecule has 0 heterocycles. The normalized spacial score (nSPS) is 11.9. The smallest absolute Gasteiger partial charge is 0.395 e. The predicted octanol–water partition coefficient (Wildman–Crippen LogP) is 5.51. The lowest BCUT2D eigenvalue weighted by Gasteiger charge is -2.15. The maximum absolute atomic E-state index is 10.2. The van der Waals surface area contributed by atoms with Crippen LogP contribution in [0.5, 0.6) is 0 Å². The summed E-state index contributed by atoms with van der Waals surface area (Å²) in [4.78, 5) is 2.18. The molecule has 0 aliphatic heterocycles. The summed E-state index contributed by atoms with van der Waals surface area (Å²) in [5.41, 5.74) is 0. The summed E-state index contributed by atoms with van der Waals surface area (Å²) < 4.78 is 32.8. The van der Waals surface area contributed by atoms with E-state index in [9.17, 15) is 8.42 Å². The summed E-state index contributed by atoms with van der Waals surface area (Å²) in [6.07, 6.45) is 20.3. The van der Waals surface area contributed by atoms with Gasteiger partial charge in [-0.3, -0.25) is 4.55 Å². The first-order valence-corrected chi connectivity index (χ1v) is 12.6. The number of aliphatic hydroxyl groups is 1. The third-order valence-corrected chi connectivity index (χ3v) is 4.89. The van der Waals surface area contributed by atoms with Crippen molar-refractivity contribution in [3.05, 3.63) is 24.5 Å². The second-order valence-corrected chi connectivity index (χ2v) is 8.05. The lowest BCUT2D eigenvalue weighted by Crippen LogP contribution is -2.25. The third-order valence-electron chi connectivity index (χ3n) is 4.54. The van der Waals surface area contributed by atoms with Gasteiger partial charge in [0.2, 0.25) is 0 Å². The molecular weight excluding hydrogens is 390 g/mol. The van der Waals surface area contributed by atoms with Gasteiger partial charge in [0.25, 0.3) is 0 Å². The Morgan fingerprint density at radius 2 is 1.34 bits per heavy atom. The number of likely N-dealkylation sites (N-methyl/N-ethyl adjacent to an activating group) is 1. The first-order valence-electron chi connectivity index (χ1n) is 11.2. The van der Waals surface area contributed by atoms with Crippen LogP contribution in [0, 0.1) is 0 Å². The Bertz CT molecular complexity index is 474. The minimum Gasteiger partial charge on any atom is -0.395 e. The van der Waals surface area contributed by atoms with Gasteiger partial charge in [-0.15, -0.1) is 0 Å². The lowest BCUT2D eigenvalue weighted by molar-refractivity contribution is 0.208. The number of unbranched alkanes of at least 4 members (excludes halogenated alkanes) is 10. The first-order chi connectivity index (χ1) is 13.9. The van der Waals surface area contributed by atoms with Crippen LogP contribution in [0.2, 0.25) is 0 Å².